The van der Waals surface area contributed by atoms with E-state index in [0.29, 0.717) is 5.82 Å². The number of aryl methyl sites for hydroxylation is 1. The lowest BCUT2D eigenvalue weighted by molar-refractivity contribution is 0.565. The molecule has 1 aromatic rings. The lowest BCUT2D eigenvalue weighted by Crippen LogP contribution is -1.92. The molecule has 0 aliphatic carbocycles. The average Bonchev–Trinajstić information content (AvgIpc) is 2.37. The molecule has 0 saturated carbocycles. The predicted molar refractivity (Wildman–Crippen MR) is 35.7 cm³/mol. The predicted octanol–water partition coefficient (Wildman–Crippen LogP) is 0.870. The van der Waals surface area contributed by atoms with Crippen molar-refractivity contribution < 1.29 is 4.79 Å². The molecule has 0 aliphatic heterocycles. The van der Waals surface area contributed by atoms with Crippen molar-refractivity contribution in [3.63, 3.8) is 0 Å². The van der Waals surface area contributed by atoms with Gasteiger partial charge in [-0.05, 0) is 6.92 Å². The summed E-state index contributed by atoms with van der Waals surface area (Å²) in [6, 6.07) is 1.66. The Morgan fingerprint density at radius 3 is 3.20 bits per heavy atom. The summed E-state index contributed by atoms with van der Waals surface area (Å²) in [4.78, 5) is 13.1. The van der Waals surface area contributed by atoms with Gasteiger partial charge in [-0.25, -0.2) is 4.79 Å². The van der Waals surface area contributed by atoms with E-state index in [0.717, 1.165) is 6.54 Å². The average molecular weight is 137 g/mol. The van der Waals surface area contributed by atoms with Crippen LogP contribution in [-0.2, 0) is 11.3 Å². The standard InChI is InChI=1S/C6H7N3O/c1-2-9-4-3-6(8-9)7-5-10/h3-4H,2H2,1H3. The summed E-state index contributed by atoms with van der Waals surface area (Å²) in [6.45, 7) is 2.75. The molecule has 1 aromatic heterocycles. The maximum Gasteiger partial charge on any atom is 0.242 e. The number of aliphatic imine (C=N–C) groups is 1. The molecule has 52 valence electrons. The van der Waals surface area contributed by atoms with Gasteiger partial charge in [0.1, 0.15) is 0 Å². The summed E-state index contributed by atoms with van der Waals surface area (Å²) in [7, 11) is 0. The summed E-state index contributed by atoms with van der Waals surface area (Å²) in [5, 5.41) is 3.91. The number of hydrogen-bond acceptors (Lipinski definition) is 3. The molecule has 4 nitrogen and oxygen atoms in total. The van der Waals surface area contributed by atoms with E-state index in [2.05, 4.69) is 10.1 Å². The van der Waals surface area contributed by atoms with Gasteiger partial charge in [-0.15, -0.1) is 4.99 Å². The zero-order valence-corrected chi connectivity index (χ0v) is 5.61. The van der Waals surface area contributed by atoms with Crippen molar-refractivity contribution in [2.24, 2.45) is 4.99 Å². The van der Waals surface area contributed by atoms with Crippen LogP contribution in [0.2, 0.25) is 0 Å². The van der Waals surface area contributed by atoms with E-state index in [1.807, 2.05) is 6.92 Å². The quantitative estimate of drug-likeness (QED) is 0.448. The highest BCUT2D eigenvalue weighted by Crippen LogP contribution is 2.04. The maximum atomic E-state index is 9.73. The Hall–Kier alpha value is -1.41. The van der Waals surface area contributed by atoms with E-state index in [9.17, 15) is 4.79 Å². The summed E-state index contributed by atoms with van der Waals surface area (Å²) < 4.78 is 1.69. The zero-order chi connectivity index (χ0) is 7.40. The van der Waals surface area contributed by atoms with Crippen LogP contribution in [0.5, 0.6) is 0 Å². The largest absolute Gasteiger partial charge is 0.271 e. The van der Waals surface area contributed by atoms with Gasteiger partial charge in [-0.3, -0.25) is 4.68 Å². The molecular weight excluding hydrogens is 130 g/mol. The highest BCUT2D eigenvalue weighted by Gasteiger charge is 1.91. The molecule has 0 bridgehead atoms. The molecule has 0 aromatic carbocycles. The summed E-state index contributed by atoms with van der Waals surface area (Å²) in [6.07, 6.45) is 3.18. The van der Waals surface area contributed by atoms with Gasteiger partial charge in [-0.1, -0.05) is 0 Å². The Morgan fingerprint density at radius 2 is 2.70 bits per heavy atom. The first-order valence-electron chi connectivity index (χ1n) is 2.98. The van der Waals surface area contributed by atoms with Crippen LogP contribution in [0.4, 0.5) is 5.82 Å². The van der Waals surface area contributed by atoms with Crippen LogP contribution in [0.1, 0.15) is 6.92 Å². The van der Waals surface area contributed by atoms with E-state index in [1.165, 1.54) is 6.08 Å². The number of hydrogen-bond donors (Lipinski definition) is 0. The molecule has 0 fully saturated rings. The van der Waals surface area contributed by atoms with Crippen LogP contribution < -0.4 is 0 Å². The van der Waals surface area contributed by atoms with Crippen molar-refractivity contribution in [2.75, 3.05) is 0 Å². The smallest absolute Gasteiger partial charge is 0.242 e. The summed E-state index contributed by atoms with van der Waals surface area (Å²) in [5.74, 6) is 0.414. The number of isocyanates is 1. The van der Waals surface area contributed by atoms with Crippen LogP contribution in [0.15, 0.2) is 17.3 Å². The zero-order valence-electron chi connectivity index (χ0n) is 5.61. The fourth-order valence-electron chi connectivity index (χ4n) is 0.633. The summed E-state index contributed by atoms with van der Waals surface area (Å²) >= 11 is 0. The summed E-state index contributed by atoms with van der Waals surface area (Å²) in [5.41, 5.74) is 0. The minimum atomic E-state index is 0.414. The molecule has 10 heavy (non-hydrogen) atoms. The van der Waals surface area contributed by atoms with E-state index in [-0.39, 0.29) is 0 Å². The molecule has 0 radical (unpaired) electrons. The molecule has 0 saturated heterocycles. The fourth-order valence-corrected chi connectivity index (χ4v) is 0.633. The Bertz CT molecular complexity index is 260. The molecule has 1 heterocycles. The van der Waals surface area contributed by atoms with Crippen molar-refractivity contribution in [3.8, 4) is 0 Å². The van der Waals surface area contributed by atoms with Crippen molar-refractivity contribution >= 4 is 11.9 Å². The van der Waals surface area contributed by atoms with Crippen LogP contribution in [0.3, 0.4) is 0 Å². The third kappa shape index (κ3) is 1.30. The van der Waals surface area contributed by atoms with Crippen LogP contribution >= 0.6 is 0 Å². The minimum absolute atomic E-state index is 0.414. The van der Waals surface area contributed by atoms with Gasteiger partial charge in [0, 0.05) is 18.8 Å². The molecule has 4 heteroatoms. The number of rotatable bonds is 2. The Balaban J connectivity index is 2.87. The lowest BCUT2D eigenvalue weighted by atomic mass is 10.6. The highest BCUT2D eigenvalue weighted by atomic mass is 16.1. The third-order valence-corrected chi connectivity index (χ3v) is 1.11. The first kappa shape index (κ1) is 6.71. The van der Waals surface area contributed by atoms with Crippen molar-refractivity contribution in [1.82, 2.24) is 9.78 Å². The van der Waals surface area contributed by atoms with Gasteiger partial charge in [0.15, 0.2) is 5.82 Å². The highest BCUT2D eigenvalue weighted by molar-refractivity contribution is 5.43. The second-order valence-corrected chi connectivity index (χ2v) is 1.73. The second kappa shape index (κ2) is 2.94. The monoisotopic (exact) mass is 137 g/mol. The molecule has 0 amide bonds. The molecule has 0 N–H and O–H groups in total. The van der Waals surface area contributed by atoms with E-state index in [1.54, 1.807) is 16.9 Å². The Kier molecular flexibility index (Phi) is 1.97. The van der Waals surface area contributed by atoms with Crippen LogP contribution in [0, 0.1) is 0 Å². The van der Waals surface area contributed by atoms with Crippen LogP contribution in [-0.4, -0.2) is 15.9 Å². The van der Waals surface area contributed by atoms with Gasteiger partial charge in [0.2, 0.25) is 6.08 Å². The van der Waals surface area contributed by atoms with Gasteiger partial charge in [0.25, 0.3) is 0 Å². The number of nitrogens with zero attached hydrogens (tertiary/aromatic N) is 3. The second-order valence-electron chi connectivity index (χ2n) is 1.73. The van der Waals surface area contributed by atoms with Gasteiger partial charge in [0.05, 0.1) is 0 Å². The molecular formula is C6H7N3O. The van der Waals surface area contributed by atoms with Gasteiger partial charge in [-0.2, -0.15) is 5.10 Å². The normalized spacial score (nSPS) is 8.90. The first-order chi connectivity index (χ1) is 4.86. The Labute approximate surface area is 58.2 Å². The minimum Gasteiger partial charge on any atom is -0.271 e. The van der Waals surface area contributed by atoms with Crippen molar-refractivity contribution in [1.29, 1.82) is 0 Å². The molecule has 0 aliphatic rings. The van der Waals surface area contributed by atoms with E-state index >= 15 is 0 Å². The lowest BCUT2D eigenvalue weighted by Gasteiger charge is -1.88. The first-order valence-corrected chi connectivity index (χ1v) is 2.98. The third-order valence-electron chi connectivity index (χ3n) is 1.11. The van der Waals surface area contributed by atoms with E-state index < -0.39 is 0 Å². The Morgan fingerprint density at radius 1 is 1.90 bits per heavy atom. The number of carbonyl (C=O) groups excluding carboxylic acids is 1. The maximum absolute atomic E-state index is 9.73. The molecule has 0 unspecified atom stereocenters. The fraction of sp³-hybridized carbons (Fsp3) is 0.333. The molecule has 0 spiro atoms. The SMILES string of the molecule is CCn1ccc(N=C=O)n1. The van der Waals surface area contributed by atoms with Crippen molar-refractivity contribution in [2.45, 2.75) is 13.5 Å². The van der Waals surface area contributed by atoms with Crippen LogP contribution in [0.25, 0.3) is 0 Å². The number of aromatic nitrogens is 2. The topological polar surface area (TPSA) is 47.2 Å². The van der Waals surface area contributed by atoms with Gasteiger partial charge < -0.3 is 0 Å². The van der Waals surface area contributed by atoms with Crippen molar-refractivity contribution in [3.05, 3.63) is 12.3 Å². The molecule has 1 rings (SSSR count). The molecule has 0 atom stereocenters. The van der Waals surface area contributed by atoms with E-state index in [4.69, 9.17) is 0 Å². The van der Waals surface area contributed by atoms with Gasteiger partial charge >= 0.3 is 0 Å².